The Hall–Kier alpha value is -2.33. The van der Waals surface area contributed by atoms with Crippen LogP contribution in [0.5, 0.6) is 0 Å². The summed E-state index contributed by atoms with van der Waals surface area (Å²) in [5, 5.41) is 3.46. The molecule has 2 aliphatic heterocycles. The first-order valence-corrected chi connectivity index (χ1v) is 15.1. The number of methoxy groups -OCH3 is 1. The van der Waals surface area contributed by atoms with Gasteiger partial charge in [-0.1, -0.05) is 0 Å². The van der Waals surface area contributed by atoms with Crippen molar-refractivity contribution >= 4 is 20.9 Å². The summed E-state index contributed by atoms with van der Waals surface area (Å²) in [6, 6.07) is 11.2. The minimum Gasteiger partial charge on any atom is -0.385 e. The number of rotatable bonds is 7. The van der Waals surface area contributed by atoms with Gasteiger partial charge in [0.1, 0.15) is 11.6 Å². The van der Waals surface area contributed by atoms with E-state index >= 15 is 4.39 Å². The van der Waals surface area contributed by atoms with Crippen molar-refractivity contribution in [2.24, 2.45) is 7.05 Å². The molecule has 2 aromatic carbocycles. The molecule has 0 radical (unpaired) electrons. The van der Waals surface area contributed by atoms with Crippen LogP contribution in [0.15, 0.2) is 41.3 Å². The average molecular weight is 529 g/mol. The first-order chi connectivity index (χ1) is 17.8. The van der Waals surface area contributed by atoms with Crippen molar-refractivity contribution in [3.05, 3.63) is 47.8 Å². The lowest BCUT2D eigenvalue weighted by atomic mass is 9.82. The van der Waals surface area contributed by atoms with Crippen LogP contribution in [0.1, 0.15) is 43.6 Å². The molecular formula is C28H37FN4O3S. The number of nitrogens with zero attached hydrogens (tertiary/aromatic N) is 3. The van der Waals surface area contributed by atoms with Gasteiger partial charge in [-0.3, -0.25) is 4.90 Å². The molecule has 200 valence electrons. The SMILES string of the molecule is COCC[C@H]1CC(c2cc3c(cc2F)nc(-c2ccc(S(C)(=O)=O)cc2)n3C)CCN1C1CCNCC1. The molecule has 1 aromatic heterocycles. The second kappa shape index (κ2) is 10.8. The Kier molecular flexibility index (Phi) is 7.68. The molecule has 3 heterocycles. The predicted octanol–water partition coefficient (Wildman–Crippen LogP) is 4.12. The van der Waals surface area contributed by atoms with E-state index in [4.69, 9.17) is 9.72 Å². The minimum absolute atomic E-state index is 0.150. The van der Waals surface area contributed by atoms with Gasteiger partial charge in [0.25, 0.3) is 0 Å². The number of imidazole rings is 1. The van der Waals surface area contributed by atoms with E-state index in [2.05, 4.69) is 10.2 Å². The number of hydrogen-bond donors (Lipinski definition) is 1. The predicted molar refractivity (Wildman–Crippen MR) is 144 cm³/mol. The first-order valence-electron chi connectivity index (χ1n) is 13.2. The summed E-state index contributed by atoms with van der Waals surface area (Å²) in [5.41, 5.74) is 3.05. The topological polar surface area (TPSA) is 76.5 Å². The highest BCUT2D eigenvalue weighted by molar-refractivity contribution is 7.90. The lowest BCUT2D eigenvalue weighted by Crippen LogP contribution is -2.51. The Morgan fingerprint density at radius 2 is 1.86 bits per heavy atom. The molecule has 0 spiro atoms. The summed E-state index contributed by atoms with van der Waals surface area (Å²) < 4.78 is 46.6. The highest BCUT2D eigenvalue weighted by Crippen LogP contribution is 2.38. The maximum atomic E-state index is 15.5. The Bertz CT molecular complexity index is 1350. The van der Waals surface area contributed by atoms with E-state index in [1.807, 2.05) is 17.7 Å². The third kappa shape index (κ3) is 5.46. The number of hydrogen-bond acceptors (Lipinski definition) is 6. The van der Waals surface area contributed by atoms with Crippen molar-refractivity contribution in [1.82, 2.24) is 19.8 Å². The monoisotopic (exact) mass is 528 g/mol. The molecule has 9 heteroatoms. The maximum Gasteiger partial charge on any atom is 0.175 e. The fraction of sp³-hybridized carbons (Fsp3) is 0.536. The fourth-order valence-electron chi connectivity index (χ4n) is 6.16. The van der Waals surface area contributed by atoms with Crippen LogP contribution in [0.4, 0.5) is 4.39 Å². The number of likely N-dealkylation sites (tertiary alicyclic amines) is 1. The van der Waals surface area contributed by atoms with Crippen molar-refractivity contribution < 1.29 is 17.5 Å². The zero-order chi connectivity index (χ0) is 26.2. The molecule has 2 atom stereocenters. The molecule has 0 bridgehead atoms. The number of sulfone groups is 1. The number of halogens is 1. The largest absolute Gasteiger partial charge is 0.385 e. The number of benzene rings is 2. The van der Waals surface area contributed by atoms with E-state index in [-0.39, 0.29) is 16.6 Å². The normalized spacial score (nSPS) is 22.1. The van der Waals surface area contributed by atoms with Crippen LogP contribution < -0.4 is 5.32 Å². The molecule has 0 aliphatic carbocycles. The Balaban J connectivity index is 1.43. The molecule has 1 N–H and O–H groups in total. The lowest BCUT2D eigenvalue weighted by molar-refractivity contribution is 0.0463. The Morgan fingerprint density at radius 3 is 2.54 bits per heavy atom. The molecule has 7 nitrogen and oxygen atoms in total. The second-order valence-corrected chi connectivity index (χ2v) is 12.5. The molecule has 0 amide bonds. The van der Waals surface area contributed by atoms with Gasteiger partial charge in [-0.15, -0.1) is 0 Å². The van der Waals surface area contributed by atoms with Gasteiger partial charge < -0.3 is 14.6 Å². The molecular weight excluding hydrogens is 491 g/mol. The van der Waals surface area contributed by atoms with Gasteiger partial charge in [-0.05, 0) is 93.6 Å². The Labute approximate surface area is 218 Å². The van der Waals surface area contributed by atoms with E-state index in [1.165, 1.54) is 6.26 Å². The fourth-order valence-corrected chi connectivity index (χ4v) is 6.79. The number of ether oxygens (including phenoxy) is 1. The standard InChI is InChI=1S/C28H37FN4O3S/c1-32-27-17-24(20-10-14-33(21-8-12-30-13-9-21)22(16-20)11-15-36-2)25(29)18-26(27)31-28(32)19-4-6-23(7-5-19)37(3,34)35/h4-7,17-18,20-22,30H,8-16H2,1-3H3/t20?,22-/m0/s1. The number of fused-ring (bicyclic) bond motifs is 1. The van der Waals surface area contributed by atoms with Crippen molar-refractivity contribution in [2.75, 3.05) is 39.6 Å². The first kappa shape index (κ1) is 26.3. The van der Waals surface area contributed by atoms with Crippen LogP contribution in [-0.2, 0) is 21.6 Å². The van der Waals surface area contributed by atoms with Gasteiger partial charge in [0.15, 0.2) is 9.84 Å². The van der Waals surface area contributed by atoms with Gasteiger partial charge in [-0.2, -0.15) is 0 Å². The molecule has 2 aliphatic rings. The average Bonchev–Trinajstić information content (AvgIpc) is 3.21. The van der Waals surface area contributed by atoms with Gasteiger partial charge in [0.2, 0.25) is 0 Å². The third-order valence-corrected chi connectivity index (χ3v) is 9.30. The van der Waals surface area contributed by atoms with Crippen LogP contribution in [0, 0.1) is 5.82 Å². The van der Waals surface area contributed by atoms with E-state index in [1.54, 1.807) is 37.4 Å². The summed E-state index contributed by atoms with van der Waals surface area (Å²) in [7, 11) is 0.403. The van der Waals surface area contributed by atoms with Crippen molar-refractivity contribution in [3.63, 3.8) is 0 Å². The van der Waals surface area contributed by atoms with Gasteiger partial charge in [0.05, 0.1) is 15.9 Å². The smallest absolute Gasteiger partial charge is 0.175 e. The molecule has 37 heavy (non-hydrogen) atoms. The van der Waals surface area contributed by atoms with Crippen LogP contribution >= 0.6 is 0 Å². The minimum atomic E-state index is -3.27. The third-order valence-electron chi connectivity index (χ3n) is 8.17. The lowest BCUT2D eigenvalue weighted by Gasteiger charge is -2.45. The zero-order valence-electron chi connectivity index (χ0n) is 21.9. The summed E-state index contributed by atoms with van der Waals surface area (Å²) in [6.07, 6.45) is 6.34. The number of aryl methyl sites for hydroxylation is 1. The van der Waals surface area contributed by atoms with E-state index < -0.39 is 9.84 Å². The number of piperidine rings is 2. The van der Waals surface area contributed by atoms with E-state index in [0.29, 0.717) is 30.0 Å². The van der Waals surface area contributed by atoms with Crippen LogP contribution in [0.25, 0.3) is 22.4 Å². The van der Waals surface area contributed by atoms with E-state index in [9.17, 15) is 8.42 Å². The van der Waals surface area contributed by atoms with Crippen molar-refractivity contribution in [3.8, 4) is 11.4 Å². The van der Waals surface area contributed by atoms with Crippen molar-refractivity contribution in [2.45, 2.75) is 55.0 Å². The zero-order valence-corrected chi connectivity index (χ0v) is 22.7. The highest BCUT2D eigenvalue weighted by atomic mass is 32.2. The van der Waals surface area contributed by atoms with E-state index in [0.717, 1.165) is 68.4 Å². The van der Waals surface area contributed by atoms with Crippen molar-refractivity contribution in [1.29, 1.82) is 0 Å². The van der Waals surface area contributed by atoms with Crippen LogP contribution in [0.3, 0.4) is 0 Å². The molecule has 5 rings (SSSR count). The quantitative estimate of drug-likeness (QED) is 0.497. The van der Waals surface area contributed by atoms with Gasteiger partial charge in [0, 0.05) is 50.7 Å². The Morgan fingerprint density at radius 1 is 1.14 bits per heavy atom. The molecule has 2 saturated heterocycles. The molecule has 2 fully saturated rings. The summed E-state index contributed by atoms with van der Waals surface area (Å²) in [5.74, 6) is 0.636. The van der Waals surface area contributed by atoms with Crippen LogP contribution in [-0.4, -0.2) is 74.6 Å². The second-order valence-electron chi connectivity index (χ2n) is 10.5. The number of aromatic nitrogens is 2. The highest BCUT2D eigenvalue weighted by Gasteiger charge is 2.35. The molecule has 1 unspecified atom stereocenters. The van der Waals surface area contributed by atoms with Crippen LogP contribution in [0.2, 0.25) is 0 Å². The summed E-state index contributed by atoms with van der Waals surface area (Å²) in [6.45, 7) is 3.81. The molecule has 0 saturated carbocycles. The summed E-state index contributed by atoms with van der Waals surface area (Å²) >= 11 is 0. The van der Waals surface area contributed by atoms with Gasteiger partial charge >= 0.3 is 0 Å². The maximum absolute atomic E-state index is 15.5. The summed E-state index contributed by atoms with van der Waals surface area (Å²) in [4.78, 5) is 7.62. The number of nitrogens with one attached hydrogen (secondary N) is 1. The molecule has 3 aromatic rings. The van der Waals surface area contributed by atoms with Gasteiger partial charge in [-0.25, -0.2) is 17.8 Å².